The third-order valence-electron chi connectivity index (χ3n) is 2.16. The molecule has 0 unspecified atom stereocenters. The van der Waals surface area contributed by atoms with Crippen molar-refractivity contribution in [3.8, 4) is 0 Å². The van der Waals surface area contributed by atoms with Gasteiger partial charge in [0.1, 0.15) is 0 Å². The van der Waals surface area contributed by atoms with E-state index in [1.165, 1.54) is 0 Å². The zero-order valence-electron chi connectivity index (χ0n) is 9.21. The molecule has 13 heavy (non-hydrogen) atoms. The van der Waals surface area contributed by atoms with Crippen molar-refractivity contribution in [2.24, 2.45) is 11.1 Å². The van der Waals surface area contributed by atoms with Crippen LogP contribution in [0.25, 0.3) is 0 Å². The fourth-order valence-electron chi connectivity index (χ4n) is 1.40. The van der Waals surface area contributed by atoms with Gasteiger partial charge in [-0.25, -0.2) is 0 Å². The number of aliphatic hydroxyl groups is 1. The third-order valence-corrected chi connectivity index (χ3v) is 2.16. The quantitative estimate of drug-likeness (QED) is 0.617. The number of hydrogen-bond acceptors (Lipinski definition) is 3. The lowest BCUT2D eigenvalue weighted by Gasteiger charge is -2.31. The average Bonchev–Trinajstić information content (AvgIpc) is 2.05. The highest BCUT2D eigenvalue weighted by atomic mass is 16.3. The van der Waals surface area contributed by atoms with E-state index in [0.717, 1.165) is 26.1 Å². The maximum absolute atomic E-state index is 8.86. The molecular formula is C10H24N2O. The molecule has 0 heterocycles. The van der Waals surface area contributed by atoms with Crippen LogP contribution in [0, 0.1) is 5.41 Å². The first-order chi connectivity index (χ1) is 6.05. The highest BCUT2D eigenvalue weighted by Crippen LogP contribution is 2.14. The van der Waals surface area contributed by atoms with Crippen LogP contribution in [0.2, 0.25) is 0 Å². The summed E-state index contributed by atoms with van der Waals surface area (Å²) in [7, 11) is 0. The van der Waals surface area contributed by atoms with Crippen molar-refractivity contribution in [3.63, 3.8) is 0 Å². The van der Waals surface area contributed by atoms with Gasteiger partial charge in [-0.05, 0) is 24.9 Å². The number of rotatable bonds is 7. The van der Waals surface area contributed by atoms with Crippen LogP contribution < -0.4 is 5.73 Å². The summed E-state index contributed by atoms with van der Waals surface area (Å²) in [5.74, 6) is 0. The molecule has 0 saturated carbocycles. The van der Waals surface area contributed by atoms with E-state index in [0.29, 0.717) is 6.54 Å². The van der Waals surface area contributed by atoms with Crippen LogP contribution in [-0.2, 0) is 0 Å². The maximum atomic E-state index is 8.86. The number of aliphatic hydroxyl groups excluding tert-OH is 1. The van der Waals surface area contributed by atoms with Crippen LogP contribution in [0.1, 0.15) is 27.2 Å². The van der Waals surface area contributed by atoms with Crippen LogP contribution in [0.4, 0.5) is 0 Å². The molecule has 0 rings (SSSR count). The van der Waals surface area contributed by atoms with E-state index < -0.39 is 0 Å². The molecule has 80 valence electrons. The molecule has 0 aliphatic rings. The Labute approximate surface area is 81.9 Å². The molecule has 0 bridgehead atoms. The Balaban J connectivity index is 3.92. The highest BCUT2D eigenvalue weighted by molar-refractivity contribution is 4.74. The Bertz CT molecular complexity index is 120. The molecular weight excluding hydrogens is 164 g/mol. The van der Waals surface area contributed by atoms with Gasteiger partial charge in [0.2, 0.25) is 0 Å². The molecule has 0 aromatic heterocycles. The van der Waals surface area contributed by atoms with Gasteiger partial charge in [0, 0.05) is 13.1 Å². The zero-order chi connectivity index (χ0) is 10.3. The van der Waals surface area contributed by atoms with Gasteiger partial charge >= 0.3 is 0 Å². The second kappa shape index (κ2) is 6.35. The molecule has 0 radical (unpaired) electrons. The summed E-state index contributed by atoms with van der Waals surface area (Å²) < 4.78 is 0. The molecule has 3 nitrogen and oxygen atoms in total. The fraction of sp³-hybridized carbons (Fsp3) is 1.00. The lowest BCUT2D eigenvalue weighted by molar-refractivity contribution is 0.147. The highest BCUT2D eigenvalue weighted by Gasteiger charge is 2.19. The molecule has 0 amide bonds. The summed E-state index contributed by atoms with van der Waals surface area (Å²) in [5.41, 5.74) is 5.81. The molecule has 0 saturated heterocycles. The number of hydrogen-bond donors (Lipinski definition) is 2. The first kappa shape index (κ1) is 12.9. The van der Waals surface area contributed by atoms with E-state index in [4.69, 9.17) is 10.8 Å². The van der Waals surface area contributed by atoms with Crippen LogP contribution in [-0.4, -0.2) is 42.8 Å². The molecule has 3 heteroatoms. The third kappa shape index (κ3) is 6.02. The standard InChI is InChI=1S/C10H24N2O/c1-4-5-12(6-7-13)9-10(2,3)8-11/h13H,4-9,11H2,1-3H3. The van der Waals surface area contributed by atoms with Gasteiger partial charge in [-0.2, -0.15) is 0 Å². The minimum absolute atomic E-state index is 0.157. The van der Waals surface area contributed by atoms with E-state index in [1.807, 2.05) is 0 Å². The summed E-state index contributed by atoms with van der Waals surface area (Å²) in [6.07, 6.45) is 1.13. The fourth-order valence-corrected chi connectivity index (χ4v) is 1.40. The molecule has 0 aromatic rings. The van der Waals surface area contributed by atoms with E-state index >= 15 is 0 Å². The second-order valence-electron chi connectivity index (χ2n) is 4.37. The molecule has 0 fully saturated rings. The van der Waals surface area contributed by atoms with Gasteiger partial charge in [-0.3, -0.25) is 0 Å². The molecule has 0 aliphatic heterocycles. The summed E-state index contributed by atoms with van der Waals surface area (Å²) in [6.45, 7) is 10.2. The van der Waals surface area contributed by atoms with E-state index in [9.17, 15) is 0 Å². The Hall–Kier alpha value is -0.120. The molecule has 3 N–H and O–H groups in total. The second-order valence-corrected chi connectivity index (χ2v) is 4.37. The zero-order valence-corrected chi connectivity index (χ0v) is 9.21. The SMILES string of the molecule is CCCN(CCO)CC(C)(C)CN. The Kier molecular flexibility index (Phi) is 6.29. The lowest BCUT2D eigenvalue weighted by atomic mass is 9.93. The minimum Gasteiger partial charge on any atom is -0.395 e. The number of nitrogens with two attached hydrogens (primary N) is 1. The first-order valence-electron chi connectivity index (χ1n) is 5.09. The van der Waals surface area contributed by atoms with Crippen molar-refractivity contribution >= 4 is 0 Å². The summed E-state index contributed by atoms with van der Waals surface area (Å²) in [6, 6.07) is 0. The summed E-state index contributed by atoms with van der Waals surface area (Å²) in [4.78, 5) is 2.27. The van der Waals surface area contributed by atoms with Crippen molar-refractivity contribution in [2.75, 3.05) is 32.8 Å². The van der Waals surface area contributed by atoms with Crippen molar-refractivity contribution in [1.82, 2.24) is 4.90 Å². The molecule has 0 aromatic carbocycles. The van der Waals surface area contributed by atoms with Crippen molar-refractivity contribution in [2.45, 2.75) is 27.2 Å². The van der Waals surface area contributed by atoms with Crippen molar-refractivity contribution < 1.29 is 5.11 Å². The van der Waals surface area contributed by atoms with Crippen LogP contribution in [0.15, 0.2) is 0 Å². The predicted molar refractivity (Wildman–Crippen MR) is 56.7 cm³/mol. The van der Waals surface area contributed by atoms with E-state index in [2.05, 4.69) is 25.7 Å². The van der Waals surface area contributed by atoms with Gasteiger partial charge < -0.3 is 15.7 Å². The van der Waals surface area contributed by atoms with Crippen LogP contribution in [0.5, 0.6) is 0 Å². The van der Waals surface area contributed by atoms with Crippen molar-refractivity contribution in [3.05, 3.63) is 0 Å². The smallest absolute Gasteiger partial charge is 0.0558 e. The predicted octanol–water partition coefficient (Wildman–Crippen LogP) is 0.676. The maximum Gasteiger partial charge on any atom is 0.0558 e. The van der Waals surface area contributed by atoms with Gasteiger partial charge in [0.25, 0.3) is 0 Å². The van der Waals surface area contributed by atoms with Gasteiger partial charge in [-0.1, -0.05) is 20.8 Å². The summed E-state index contributed by atoms with van der Waals surface area (Å²) in [5, 5.41) is 8.86. The number of nitrogens with zero attached hydrogens (tertiary/aromatic N) is 1. The van der Waals surface area contributed by atoms with Gasteiger partial charge in [-0.15, -0.1) is 0 Å². The largest absolute Gasteiger partial charge is 0.395 e. The Morgan fingerprint density at radius 1 is 1.31 bits per heavy atom. The van der Waals surface area contributed by atoms with Gasteiger partial charge in [0.15, 0.2) is 0 Å². The van der Waals surface area contributed by atoms with Crippen molar-refractivity contribution in [1.29, 1.82) is 0 Å². The molecule has 0 spiro atoms. The Morgan fingerprint density at radius 2 is 1.92 bits per heavy atom. The minimum atomic E-state index is 0.157. The average molecular weight is 188 g/mol. The first-order valence-corrected chi connectivity index (χ1v) is 5.09. The van der Waals surface area contributed by atoms with Crippen LogP contribution in [0.3, 0.4) is 0 Å². The van der Waals surface area contributed by atoms with E-state index in [1.54, 1.807) is 0 Å². The Morgan fingerprint density at radius 3 is 2.31 bits per heavy atom. The lowest BCUT2D eigenvalue weighted by Crippen LogP contribution is -2.40. The van der Waals surface area contributed by atoms with Gasteiger partial charge in [0.05, 0.1) is 6.61 Å². The normalized spacial score (nSPS) is 12.5. The monoisotopic (exact) mass is 188 g/mol. The molecule has 0 atom stereocenters. The van der Waals surface area contributed by atoms with Crippen LogP contribution >= 0.6 is 0 Å². The molecule has 0 aliphatic carbocycles. The topological polar surface area (TPSA) is 49.5 Å². The van der Waals surface area contributed by atoms with E-state index in [-0.39, 0.29) is 12.0 Å². The summed E-state index contributed by atoms with van der Waals surface area (Å²) >= 11 is 0.